The lowest BCUT2D eigenvalue weighted by atomic mass is 10.2. The molecular weight excluding hydrogens is 358 g/mol. The van der Waals surface area contributed by atoms with Crippen molar-refractivity contribution in [2.45, 2.75) is 23.6 Å². The molecular formula is C17H17N3O3S2. The SMILES string of the molecule is COC(=O)c1cc(CSc2nnc(NCc3ccccc3)s2)oc1C. The molecule has 0 bridgehead atoms. The monoisotopic (exact) mass is 375 g/mol. The van der Waals surface area contributed by atoms with Gasteiger partial charge in [0.2, 0.25) is 5.13 Å². The van der Waals surface area contributed by atoms with Gasteiger partial charge in [-0.3, -0.25) is 0 Å². The maximum atomic E-state index is 11.6. The highest BCUT2D eigenvalue weighted by Gasteiger charge is 2.16. The number of carbonyl (C=O) groups excluding carboxylic acids is 1. The Bertz CT molecular complexity index is 846. The van der Waals surface area contributed by atoms with Crippen molar-refractivity contribution < 1.29 is 13.9 Å². The fourth-order valence-electron chi connectivity index (χ4n) is 2.17. The van der Waals surface area contributed by atoms with Crippen LogP contribution >= 0.6 is 23.1 Å². The van der Waals surface area contributed by atoms with E-state index in [-0.39, 0.29) is 5.97 Å². The predicted octanol–water partition coefficient (Wildman–Crippen LogP) is 4.13. The van der Waals surface area contributed by atoms with Gasteiger partial charge in [-0.25, -0.2) is 4.79 Å². The first-order valence-corrected chi connectivity index (χ1v) is 9.37. The lowest BCUT2D eigenvalue weighted by Crippen LogP contribution is -2.00. The number of benzene rings is 1. The third kappa shape index (κ3) is 4.61. The molecule has 0 aliphatic rings. The Balaban J connectivity index is 1.54. The summed E-state index contributed by atoms with van der Waals surface area (Å²) in [5.74, 6) is 1.45. The van der Waals surface area contributed by atoms with E-state index in [1.165, 1.54) is 35.8 Å². The number of rotatable bonds is 7. The number of hydrogen-bond donors (Lipinski definition) is 1. The molecule has 0 fully saturated rings. The average molecular weight is 375 g/mol. The number of methoxy groups -OCH3 is 1. The van der Waals surface area contributed by atoms with Gasteiger partial charge in [-0.2, -0.15) is 0 Å². The molecule has 1 aromatic carbocycles. The van der Waals surface area contributed by atoms with Gasteiger partial charge in [-0.05, 0) is 18.6 Å². The van der Waals surface area contributed by atoms with E-state index in [0.717, 1.165) is 9.47 Å². The molecule has 0 amide bonds. The average Bonchev–Trinajstić information content (AvgIpc) is 3.24. The third-order valence-corrected chi connectivity index (χ3v) is 5.44. The van der Waals surface area contributed by atoms with Gasteiger partial charge < -0.3 is 14.5 Å². The molecule has 8 heteroatoms. The van der Waals surface area contributed by atoms with E-state index in [0.29, 0.717) is 29.4 Å². The summed E-state index contributed by atoms with van der Waals surface area (Å²) in [6.45, 7) is 2.46. The van der Waals surface area contributed by atoms with Crippen LogP contribution in [-0.4, -0.2) is 23.3 Å². The zero-order valence-electron chi connectivity index (χ0n) is 13.8. The molecule has 0 saturated carbocycles. The number of anilines is 1. The van der Waals surface area contributed by atoms with E-state index in [1.54, 1.807) is 13.0 Å². The number of aryl methyl sites for hydroxylation is 1. The quantitative estimate of drug-likeness (QED) is 0.491. The molecule has 3 rings (SSSR count). The van der Waals surface area contributed by atoms with Gasteiger partial charge in [-0.15, -0.1) is 10.2 Å². The standard InChI is InChI=1S/C17H17N3O3S2/c1-11-14(15(21)22-2)8-13(23-11)10-24-17-20-19-16(25-17)18-9-12-6-4-3-5-7-12/h3-8H,9-10H2,1-2H3,(H,18,19). The second kappa shape index (κ2) is 8.17. The molecule has 2 heterocycles. The second-order valence-corrected chi connectivity index (χ2v) is 7.38. The number of esters is 1. The highest BCUT2D eigenvalue weighted by Crippen LogP contribution is 2.30. The topological polar surface area (TPSA) is 77.2 Å². The molecule has 3 aromatic rings. The normalized spacial score (nSPS) is 10.6. The van der Waals surface area contributed by atoms with Gasteiger partial charge >= 0.3 is 5.97 Å². The van der Waals surface area contributed by atoms with Crippen LogP contribution in [0.2, 0.25) is 0 Å². The first-order valence-electron chi connectivity index (χ1n) is 7.57. The van der Waals surface area contributed by atoms with Crippen LogP contribution < -0.4 is 5.32 Å². The largest absolute Gasteiger partial charge is 0.465 e. The fourth-order valence-corrected chi connectivity index (χ4v) is 3.80. The minimum atomic E-state index is -0.388. The summed E-state index contributed by atoms with van der Waals surface area (Å²) in [4.78, 5) is 11.6. The van der Waals surface area contributed by atoms with Crippen molar-refractivity contribution >= 4 is 34.2 Å². The smallest absolute Gasteiger partial charge is 0.341 e. The maximum absolute atomic E-state index is 11.6. The van der Waals surface area contributed by atoms with Gasteiger partial charge in [0.15, 0.2) is 4.34 Å². The fraction of sp³-hybridized carbons (Fsp3) is 0.235. The summed E-state index contributed by atoms with van der Waals surface area (Å²) in [5.41, 5.74) is 1.65. The molecule has 6 nitrogen and oxygen atoms in total. The highest BCUT2D eigenvalue weighted by atomic mass is 32.2. The number of nitrogens with zero attached hydrogens (tertiary/aromatic N) is 2. The molecule has 0 radical (unpaired) electrons. The van der Waals surface area contributed by atoms with Gasteiger partial charge in [0, 0.05) is 6.54 Å². The van der Waals surface area contributed by atoms with Crippen LogP contribution in [0.5, 0.6) is 0 Å². The Labute approximate surface area is 153 Å². The minimum Gasteiger partial charge on any atom is -0.465 e. The Morgan fingerprint density at radius 3 is 2.88 bits per heavy atom. The lowest BCUT2D eigenvalue weighted by Gasteiger charge is -2.00. The summed E-state index contributed by atoms with van der Waals surface area (Å²) >= 11 is 3.01. The van der Waals surface area contributed by atoms with Crippen molar-refractivity contribution in [3.8, 4) is 0 Å². The number of ether oxygens (including phenoxy) is 1. The first-order chi connectivity index (χ1) is 12.2. The Morgan fingerprint density at radius 2 is 2.12 bits per heavy atom. The molecule has 0 saturated heterocycles. The number of furan rings is 1. The van der Waals surface area contributed by atoms with Crippen molar-refractivity contribution in [3.63, 3.8) is 0 Å². The summed E-state index contributed by atoms with van der Waals surface area (Å²) in [6, 6.07) is 11.8. The summed E-state index contributed by atoms with van der Waals surface area (Å²) < 4.78 is 11.2. The Morgan fingerprint density at radius 1 is 1.32 bits per heavy atom. The molecule has 0 atom stereocenters. The van der Waals surface area contributed by atoms with Gasteiger partial charge in [0.25, 0.3) is 0 Å². The zero-order chi connectivity index (χ0) is 17.6. The molecule has 1 N–H and O–H groups in total. The Hall–Kier alpha value is -2.32. The van der Waals surface area contributed by atoms with Crippen molar-refractivity contribution in [3.05, 3.63) is 59.0 Å². The number of aromatic nitrogens is 2. The number of nitrogens with one attached hydrogen (secondary N) is 1. The second-order valence-electron chi connectivity index (χ2n) is 5.18. The summed E-state index contributed by atoms with van der Waals surface area (Å²) in [6.07, 6.45) is 0. The van der Waals surface area contributed by atoms with Gasteiger partial charge in [0.1, 0.15) is 17.1 Å². The van der Waals surface area contributed by atoms with E-state index >= 15 is 0 Å². The van der Waals surface area contributed by atoms with Crippen LogP contribution in [0.15, 0.2) is 45.2 Å². The molecule has 25 heavy (non-hydrogen) atoms. The number of hydrogen-bond acceptors (Lipinski definition) is 8. The van der Waals surface area contributed by atoms with Crippen molar-refractivity contribution in [1.29, 1.82) is 0 Å². The van der Waals surface area contributed by atoms with E-state index < -0.39 is 0 Å². The minimum absolute atomic E-state index is 0.388. The van der Waals surface area contributed by atoms with E-state index in [4.69, 9.17) is 9.15 Å². The third-order valence-electron chi connectivity index (χ3n) is 3.41. The Kier molecular flexibility index (Phi) is 5.72. The van der Waals surface area contributed by atoms with Crippen LogP contribution in [0.1, 0.15) is 27.4 Å². The van der Waals surface area contributed by atoms with Crippen molar-refractivity contribution in [1.82, 2.24) is 10.2 Å². The number of carbonyl (C=O) groups is 1. The number of thioether (sulfide) groups is 1. The molecule has 0 aliphatic carbocycles. The maximum Gasteiger partial charge on any atom is 0.341 e. The first kappa shape index (κ1) is 17.5. The predicted molar refractivity (Wildman–Crippen MR) is 98.0 cm³/mol. The molecule has 0 aliphatic heterocycles. The lowest BCUT2D eigenvalue weighted by molar-refractivity contribution is 0.0599. The van der Waals surface area contributed by atoms with Crippen LogP contribution in [0.3, 0.4) is 0 Å². The van der Waals surface area contributed by atoms with Gasteiger partial charge in [-0.1, -0.05) is 53.4 Å². The summed E-state index contributed by atoms with van der Waals surface area (Å²) in [5, 5.41) is 12.3. The molecule has 2 aromatic heterocycles. The van der Waals surface area contributed by atoms with E-state index in [1.807, 2.05) is 18.2 Å². The molecule has 0 spiro atoms. The molecule has 130 valence electrons. The van der Waals surface area contributed by atoms with Crippen LogP contribution in [-0.2, 0) is 17.0 Å². The van der Waals surface area contributed by atoms with Crippen molar-refractivity contribution in [2.75, 3.05) is 12.4 Å². The van der Waals surface area contributed by atoms with Crippen LogP contribution in [0, 0.1) is 6.92 Å². The van der Waals surface area contributed by atoms with E-state index in [9.17, 15) is 4.79 Å². The summed E-state index contributed by atoms with van der Waals surface area (Å²) in [7, 11) is 1.36. The van der Waals surface area contributed by atoms with E-state index in [2.05, 4.69) is 27.6 Å². The van der Waals surface area contributed by atoms with Crippen molar-refractivity contribution in [2.24, 2.45) is 0 Å². The van der Waals surface area contributed by atoms with Crippen LogP contribution in [0.4, 0.5) is 5.13 Å². The zero-order valence-corrected chi connectivity index (χ0v) is 15.4. The van der Waals surface area contributed by atoms with Crippen LogP contribution in [0.25, 0.3) is 0 Å². The highest BCUT2D eigenvalue weighted by molar-refractivity contribution is 8.00. The molecule has 0 unspecified atom stereocenters. The van der Waals surface area contributed by atoms with Gasteiger partial charge in [0.05, 0.1) is 12.9 Å².